The molecular formula is C17H18N2O3S. The summed E-state index contributed by atoms with van der Waals surface area (Å²) < 4.78 is 5.52. The fourth-order valence-electron chi connectivity index (χ4n) is 2.45. The molecule has 0 radical (unpaired) electrons. The van der Waals surface area contributed by atoms with Crippen LogP contribution >= 0.6 is 11.3 Å². The summed E-state index contributed by atoms with van der Waals surface area (Å²) in [6.07, 6.45) is 0. The number of rotatable bonds is 4. The number of carbonyl (C=O) groups excluding carboxylic acids is 2. The van der Waals surface area contributed by atoms with E-state index in [-0.39, 0.29) is 18.4 Å². The van der Waals surface area contributed by atoms with Crippen molar-refractivity contribution in [3.05, 3.63) is 40.6 Å². The zero-order chi connectivity index (χ0) is 16.4. The predicted octanol–water partition coefficient (Wildman–Crippen LogP) is 3.38. The molecule has 0 saturated carbocycles. The van der Waals surface area contributed by atoms with E-state index in [0.717, 1.165) is 5.69 Å². The van der Waals surface area contributed by atoms with Gasteiger partial charge in [-0.15, -0.1) is 11.3 Å². The number of carbonyl (C=O) groups is 2. The maximum absolute atomic E-state index is 12.1. The summed E-state index contributed by atoms with van der Waals surface area (Å²) >= 11 is 1.39. The average molecular weight is 330 g/mol. The van der Waals surface area contributed by atoms with Gasteiger partial charge in [-0.2, -0.15) is 0 Å². The van der Waals surface area contributed by atoms with Crippen molar-refractivity contribution >= 4 is 34.5 Å². The molecule has 0 atom stereocenters. The number of amides is 2. The van der Waals surface area contributed by atoms with Gasteiger partial charge in [-0.3, -0.25) is 9.59 Å². The van der Waals surface area contributed by atoms with E-state index in [4.69, 9.17) is 4.74 Å². The van der Waals surface area contributed by atoms with Gasteiger partial charge in [0, 0.05) is 18.3 Å². The molecule has 3 rings (SSSR count). The van der Waals surface area contributed by atoms with Gasteiger partial charge < -0.3 is 15.0 Å². The first-order chi connectivity index (χ1) is 11.0. The summed E-state index contributed by atoms with van der Waals surface area (Å²) in [5.74, 6) is 0.796. The Morgan fingerprint density at radius 1 is 1.39 bits per heavy atom. The van der Waals surface area contributed by atoms with Crippen molar-refractivity contribution in [1.29, 1.82) is 0 Å². The molecule has 2 amide bonds. The molecule has 1 N–H and O–H groups in total. The van der Waals surface area contributed by atoms with E-state index < -0.39 is 0 Å². The Labute approximate surface area is 138 Å². The fraction of sp³-hybridized carbons (Fsp3) is 0.294. The molecule has 1 aliphatic heterocycles. The average Bonchev–Trinajstić information content (AvgIpc) is 3.04. The number of anilines is 2. The highest BCUT2D eigenvalue weighted by Crippen LogP contribution is 2.35. The number of fused-ring (bicyclic) bond motifs is 1. The first kappa shape index (κ1) is 15.6. The Balaban J connectivity index is 1.82. The number of ether oxygens (including phenoxy) is 1. The van der Waals surface area contributed by atoms with Gasteiger partial charge in [-0.25, -0.2) is 0 Å². The SMILES string of the molecule is CC(C)CN1C(=O)COc2cc(NC(=O)c3cccs3)ccc21. The van der Waals surface area contributed by atoms with Gasteiger partial charge >= 0.3 is 0 Å². The van der Waals surface area contributed by atoms with E-state index in [9.17, 15) is 9.59 Å². The third-order valence-electron chi connectivity index (χ3n) is 3.45. The zero-order valence-corrected chi connectivity index (χ0v) is 13.9. The lowest BCUT2D eigenvalue weighted by Gasteiger charge is -2.30. The van der Waals surface area contributed by atoms with Crippen LogP contribution in [0.2, 0.25) is 0 Å². The number of hydrogen-bond donors (Lipinski definition) is 1. The molecule has 0 spiro atoms. The molecule has 0 bridgehead atoms. The highest BCUT2D eigenvalue weighted by Gasteiger charge is 2.26. The Morgan fingerprint density at radius 3 is 2.91 bits per heavy atom. The summed E-state index contributed by atoms with van der Waals surface area (Å²) in [4.78, 5) is 26.5. The summed E-state index contributed by atoms with van der Waals surface area (Å²) in [6, 6.07) is 8.99. The Morgan fingerprint density at radius 2 is 2.22 bits per heavy atom. The van der Waals surface area contributed by atoms with Crippen LogP contribution in [-0.4, -0.2) is 25.0 Å². The zero-order valence-electron chi connectivity index (χ0n) is 13.0. The van der Waals surface area contributed by atoms with Crippen molar-refractivity contribution in [2.45, 2.75) is 13.8 Å². The molecule has 1 aromatic carbocycles. The minimum atomic E-state index is -0.147. The van der Waals surface area contributed by atoms with Crippen LogP contribution in [0, 0.1) is 5.92 Å². The van der Waals surface area contributed by atoms with Crippen molar-refractivity contribution in [2.75, 3.05) is 23.4 Å². The van der Waals surface area contributed by atoms with Crippen molar-refractivity contribution in [2.24, 2.45) is 5.92 Å². The van der Waals surface area contributed by atoms with Gasteiger partial charge in [0.15, 0.2) is 6.61 Å². The van der Waals surface area contributed by atoms with Gasteiger partial charge in [0.05, 0.1) is 10.6 Å². The van der Waals surface area contributed by atoms with Crippen molar-refractivity contribution in [3.8, 4) is 5.75 Å². The van der Waals surface area contributed by atoms with Crippen LogP contribution in [0.15, 0.2) is 35.7 Å². The topological polar surface area (TPSA) is 58.6 Å². The molecule has 0 fully saturated rings. The largest absolute Gasteiger partial charge is 0.481 e. The first-order valence-electron chi connectivity index (χ1n) is 7.46. The minimum Gasteiger partial charge on any atom is -0.481 e. The molecule has 0 unspecified atom stereocenters. The maximum atomic E-state index is 12.1. The van der Waals surface area contributed by atoms with Gasteiger partial charge in [-0.05, 0) is 29.5 Å². The standard InChI is InChI=1S/C17H18N2O3S/c1-11(2)9-19-13-6-5-12(8-14(13)22-10-16(19)20)18-17(21)15-4-3-7-23-15/h3-8,11H,9-10H2,1-2H3,(H,18,21). The van der Waals surface area contributed by atoms with Crippen LogP contribution < -0.4 is 15.0 Å². The second-order valence-corrected chi connectivity index (χ2v) is 6.75. The second kappa shape index (κ2) is 6.42. The Hall–Kier alpha value is -2.34. The predicted molar refractivity (Wildman–Crippen MR) is 91.4 cm³/mol. The second-order valence-electron chi connectivity index (χ2n) is 5.80. The number of hydrogen-bond acceptors (Lipinski definition) is 4. The smallest absolute Gasteiger partial charge is 0.265 e. The first-order valence-corrected chi connectivity index (χ1v) is 8.34. The van der Waals surface area contributed by atoms with Gasteiger partial charge in [0.1, 0.15) is 5.75 Å². The lowest BCUT2D eigenvalue weighted by molar-refractivity contribution is -0.121. The van der Waals surface area contributed by atoms with Crippen molar-refractivity contribution in [3.63, 3.8) is 0 Å². The number of benzene rings is 1. The molecule has 1 aromatic heterocycles. The lowest BCUT2D eigenvalue weighted by Crippen LogP contribution is -2.40. The third-order valence-corrected chi connectivity index (χ3v) is 4.32. The van der Waals surface area contributed by atoms with Crippen LogP contribution in [-0.2, 0) is 4.79 Å². The third kappa shape index (κ3) is 3.37. The number of nitrogens with one attached hydrogen (secondary N) is 1. The molecule has 6 heteroatoms. The van der Waals surface area contributed by atoms with Gasteiger partial charge in [-0.1, -0.05) is 19.9 Å². The minimum absolute atomic E-state index is 0.0298. The van der Waals surface area contributed by atoms with Crippen LogP contribution in [0.5, 0.6) is 5.75 Å². The number of thiophene rings is 1. The lowest BCUT2D eigenvalue weighted by atomic mass is 10.1. The van der Waals surface area contributed by atoms with Crippen LogP contribution in [0.4, 0.5) is 11.4 Å². The molecule has 0 saturated heterocycles. The van der Waals surface area contributed by atoms with Crippen LogP contribution in [0.25, 0.3) is 0 Å². The van der Waals surface area contributed by atoms with E-state index in [1.54, 1.807) is 23.1 Å². The molecule has 2 heterocycles. The maximum Gasteiger partial charge on any atom is 0.265 e. The van der Waals surface area contributed by atoms with E-state index in [0.29, 0.717) is 28.8 Å². The fourth-order valence-corrected chi connectivity index (χ4v) is 3.07. The molecule has 0 aliphatic carbocycles. The molecule has 23 heavy (non-hydrogen) atoms. The van der Waals surface area contributed by atoms with E-state index in [2.05, 4.69) is 19.2 Å². The molecule has 5 nitrogen and oxygen atoms in total. The Bertz CT molecular complexity index is 725. The molecule has 2 aromatic rings. The summed E-state index contributed by atoms with van der Waals surface area (Å²) in [6.45, 7) is 4.81. The van der Waals surface area contributed by atoms with Gasteiger partial charge in [0.2, 0.25) is 0 Å². The summed E-state index contributed by atoms with van der Waals surface area (Å²) in [7, 11) is 0. The van der Waals surface area contributed by atoms with Crippen molar-refractivity contribution in [1.82, 2.24) is 0 Å². The van der Waals surface area contributed by atoms with Crippen molar-refractivity contribution < 1.29 is 14.3 Å². The summed E-state index contributed by atoms with van der Waals surface area (Å²) in [5.41, 5.74) is 1.41. The van der Waals surface area contributed by atoms with Crippen LogP contribution in [0.1, 0.15) is 23.5 Å². The quantitative estimate of drug-likeness (QED) is 0.935. The molecular weight excluding hydrogens is 312 g/mol. The van der Waals surface area contributed by atoms with E-state index in [1.807, 2.05) is 17.5 Å². The summed E-state index contributed by atoms with van der Waals surface area (Å²) in [5, 5.41) is 4.71. The molecule has 1 aliphatic rings. The normalized spacial score (nSPS) is 13.7. The highest BCUT2D eigenvalue weighted by molar-refractivity contribution is 7.12. The van der Waals surface area contributed by atoms with Crippen LogP contribution in [0.3, 0.4) is 0 Å². The van der Waals surface area contributed by atoms with E-state index >= 15 is 0 Å². The van der Waals surface area contributed by atoms with Gasteiger partial charge in [0.25, 0.3) is 11.8 Å². The van der Waals surface area contributed by atoms with E-state index in [1.165, 1.54) is 11.3 Å². The Kier molecular flexibility index (Phi) is 4.34. The monoisotopic (exact) mass is 330 g/mol. The highest BCUT2D eigenvalue weighted by atomic mass is 32.1. The molecule has 120 valence electrons. The number of nitrogens with zero attached hydrogens (tertiary/aromatic N) is 1.